The van der Waals surface area contributed by atoms with Gasteiger partial charge in [0, 0.05) is 30.1 Å². The Labute approximate surface area is 133 Å². The quantitative estimate of drug-likeness (QED) is 0.885. The minimum absolute atomic E-state index is 0.0447. The maximum absolute atomic E-state index is 12.1. The summed E-state index contributed by atoms with van der Waals surface area (Å²) >= 11 is 3.51. The molecule has 0 saturated heterocycles. The van der Waals surface area contributed by atoms with Crippen molar-refractivity contribution in [3.05, 3.63) is 27.7 Å². The molecular formula is C16H20BrNO3. The number of carbonyl (C=O) groups excluding carboxylic acids is 1. The van der Waals surface area contributed by atoms with Crippen LogP contribution in [0.25, 0.3) is 0 Å². The monoisotopic (exact) mass is 353 g/mol. The molecule has 0 aromatic heterocycles. The van der Waals surface area contributed by atoms with E-state index in [4.69, 9.17) is 9.47 Å². The van der Waals surface area contributed by atoms with Crippen LogP contribution in [-0.4, -0.2) is 25.2 Å². The number of halogens is 1. The van der Waals surface area contributed by atoms with Gasteiger partial charge >= 0.3 is 0 Å². The first-order chi connectivity index (χ1) is 10.1. The fraction of sp³-hybridized carbons (Fsp3) is 0.562. The molecule has 2 aliphatic rings. The molecule has 4 nitrogen and oxygen atoms in total. The molecule has 0 radical (unpaired) electrons. The van der Waals surface area contributed by atoms with Crippen LogP contribution in [0.3, 0.4) is 0 Å². The van der Waals surface area contributed by atoms with Gasteiger partial charge in [-0.3, -0.25) is 4.79 Å². The van der Waals surface area contributed by atoms with Crippen molar-refractivity contribution in [3.63, 3.8) is 0 Å². The molecule has 0 atom stereocenters. The minimum atomic E-state index is -0.222. The van der Waals surface area contributed by atoms with E-state index in [1.54, 1.807) is 7.11 Å². The number of ether oxygens (including phenoxy) is 2. The zero-order valence-corrected chi connectivity index (χ0v) is 13.8. The van der Waals surface area contributed by atoms with Crippen molar-refractivity contribution in [3.8, 4) is 5.75 Å². The van der Waals surface area contributed by atoms with Gasteiger partial charge in [-0.2, -0.15) is 0 Å². The number of hydrogen-bond acceptors (Lipinski definition) is 3. The number of fused-ring (bicyclic) bond motifs is 1. The second-order valence-corrected chi connectivity index (χ2v) is 6.76. The van der Waals surface area contributed by atoms with Crippen molar-refractivity contribution in [1.29, 1.82) is 0 Å². The van der Waals surface area contributed by atoms with E-state index >= 15 is 0 Å². The standard InChI is InChI=1S/C16H20BrNO3/c1-20-16(4-2-5-16)9-14(19)18-10-12-8-13(17)7-11-3-6-21-15(11)12/h7-8H,2-6,9-10H2,1H3,(H,18,19). The molecule has 1 aliphatic carbocycles. The van der Waals surface area contributed by atoms with Crippen LogP contribution in [0.1, 0.15) is 36.8 Å². The van der Waals surface area contributed by atoms with Crippen LogP contribution >= 0.6 is 15.9 Å². The van der Waals surface area contributed by atoms with Crippen LogP contribution in [-0.2, 0) is 22.5 Å². The fourth-order valence-corrected chi connectivity index (χ4v) is 3.60. The van der Waals surface area contributed by atoms with Crippen molar-refractivity contribution in [2.45, 2.75) is 44.2 Å². The number of carbonyl (C=O) groups is 1. The first-order valence-corrected chi connectivity index (χ1v) is 8.17. The predicted octanol–water partition coefficient (Wildman–Crippen LogP) is 2.96. The Balaban J connectivity index is 1.62. The van der Waals surface area contributed by atoms with Gasteiger partial charge in [0.2, 0.25) is 5.91 Å². The highest BCUT2D eigenvalue weighted by Gasteiger charge is 2.38. The summed E-state index contributed by atoms with van der Waals surface area (Å²) < 4.78 is 12.2. The highest BCUT2D eigenvalue weighted by atomic mass is 79.9. The van der Waals surface area contributed by atoms with E-state index in [0.717, 1.165) is 48.1 Å². The highest BCUT2D eigenvalue weighted by Crippen LogP contribution is 2.38. The van der Waals surface area contributed by atoms with E-state index in [0.29, 0.717) is 13.0 Å². The van der Waals surface area contributed by atoms with Crippen molar-refractivity contribution in [1.82, 2.24) is 5.32 Å². The first-order valence-electron chi connectivity index (χ1n) is 7.38. The van der Waals surface area contributed by atoms with Gasteiger partial charge in [-0.05, 0) is 37.0 Å². The molecule has 1 N–H and O–H groups in total. The van der Waals surface area contributed by atoms with Crippen LogP contribution in [0.5, 0.6) is 5.75 Å². The Morgan fingerprint density at radius 3 is 2.95 bits per heavy atom. The van der Waals surface area contributed by atoms with Gasteiger partial charge in [-0.25, -0.2) is 0 Å². The van der Waals surface area contributed by atoms with Gasteiger partial charge < -0.3 is 14.8 Å². The molecule has 0 bridgehead atoms. The predicted molar refractivity (Wildman–Crippen MR) is 83.4 cm³/mol. The van der Waals surface area contributed by atoms with E-state index in [2.05, 4.69) is 27.3 Å². The van der Waals surface area contributed by atoms with Gasteiger partial charge in [0.15, 0.2) is 0 Å². The Bertz CT molecular complexity index is 549. The maximum Gasteiger partial charge on any atom is 0.223 e. The molecule has 114 valence electrons. The van der Waals surface area contributed by atoms with Gasteiger partial charge in [0.25, 0.3) is 0 Å². The topological polar surface area (TPSA) is 47.6 Å². The smallest absolute Gasteiger partial charge is 0.223 e. The highest BCUT2D eigenvalue weighted by molar-refractivity contribution is 9.10. The summed E-state index contributed by atoms with van der Waals surface area (Å²) in [6.45, 7) is 1.22. The molecule has 5 heteroatoms. The second-order valence-electron chi connectivity index (χ2n) is 5.85. The van der Waals surface area contributed by atoms with Crippen LogP contribution in [0.4, 0.5) is 0 Å². The number of hydrogen-bond donors (Lipinski definition) is 1. The fourth-order valence-electron chi connectivity index (χ4n) is 3.05. The first kappa shape index (κ1) is 14.9. The molecule has 1 amide bonds. The lowest BCUT2D eigenvalue weighted by Gasteiger charge is -2.39. The summed E-state index contributed by atoms with van der Waals surface area (Å²) in [5.41, 5.74) is 2.02. The summed E-state index contributed by atoms with van der Waals surface area (Å²) in [6.07, 6.45) is 4.48. The zero-order valence-electron chi connectivity index (χ0n) is 12.2. The maximum atomic E-state index is 12.1. The summed E-state index contributed by atoms with van der Waals surface area (Å²) in [7, 11) is 1.70. The number of rotatable bonds is 5. The van der Waals surface area contributed by atoms with Crippen LogP contribution in [0.15, 0.2) is 16.6 Å². The number of nitrogens with one attached hydrogen (secondary N) is 1. The van der Waals surface area contributed by atoms with Crippen molar-refractivity contribution in [2.75, 3.05) is 13.7 Å². The Kier molecular flexibility index (Phi) is 4.22. The van der Waals surface area contributed by atoms with Crippen LogP contribution in [0.2, 0.25) is 0 Å². The third-order valence-electron chi connectivity index (χ3n) is 4.48. The molecule has 1 heterocycles. The Hall–Kier alpha value is -1.07. The van der Waals surface area contributed by atoms with E-state index in [1.165, 1.54) is 5.56 Å². The number of amides is 1. The van der Waals surface area contributed by atoms with Gasteiger partial charge in [-0.15, -0.1) is 0 Å². The van der Waals surface area contributed by atoms with Crippen molar-refractivity contribution < 1.29 is 14.3 Å². The molecule has 1 aromatic rings. The van der Waals surface area contributed by atoms with E-state index in [1.807, 2.05) is 6.07 Å². The zero-order chi connectivity index (χ0) is 14.9. The third kappa shape index (κ3) is 3.09. The molecule has 1 aliphatic heterocycles. The SMILES string of the molecule is COC1(CC(=O)NCc2cc(Br)cc3c2OCC3)CCC1. The van der Waals surface area contributed by atoms with E-state index in [-0.39, 0.29) is 11.5 Å². The summed E-state index contributed by atoms with van der Waals surface area (Å²) in [4.78, 5) is 12.1. The van der Waals surface area contributed by atoms with Crippen molar-refractivity contribution in [2.24, 2.45) is 0 Å². The Morgan fingerprint density at radius 1 is 1.48 bits per heavy atom. The molecule has 1 aromatic carbocycles. The normalized spacial score (nSPS) is 18.6. The number of benzene rings is 1. The van der Waals surface area contributed by atoms with Gasteiger partial charge in [-0.1, -0.05) is 15.9 Å². The molecule has 1 saturated carbocycles. The lowest BCUT2D eigenvalue weighted by atomic mass is 9.77. The second kappa shape index (κ2) is 5.97. The van der Waals surface area contributed by atoms with Crippen LogP contribution < -0.4 is 10.1 Å². The molecule has 0 unspecified atom stereocenters. The largest absolute Gasteiger partial charge is 0.493 e. The van der Waals surface area contributed by atoms with Gasteiger partial charge in [0.1, 0.15) is 5.75 Å². The Morgan fingerprint density at radius 2 is 2.29 bits per heavy atom. The van der Waals surface area contributed by atoms with Gasteiger partial charge in [0.05, 0.1) is 18.6 Å². The lowest BCUT2D eigenvalue weighted by Crippen LogP contribution is -2.43. The summed E-state index contributed by atoms with van der Waals surface area (Å²) in [5, 5.41) is 2.99. The molecular weight excluding hydrogens is 334 g/mol. The van der Waals surface area contributed by atoms with E-state index < -0.39 is 0 Å². The molecule has 3 rings (SSSR count). The lowest BCUT2D eigenvalue weighted by molar-refractivity contribution is -0.134. The average Bonchev–Trinajstić information content (AvgIpc) is 2.88. The third-order valence-corrected chi connectivity index (χ3v) is 4.94. The van der Waals surface area contributed by atoms with E-state index in [9.17, 15) is 4.79 Å². The molecule has 0 spiro atoms. The summed E-state index contributed by atoms with van der Waals surface area (Å²) in [6, 6.07) is 4.10. The van der Waals surface area contributed by atoms with Crippen molar-refractivity contribution >= 4 is 21.8 Å². The van der Waals surface area contributed by atoms with Crippen LogP contribution in [0, 0.1) is 0 Å². The average molecular weight is 354 g/mol. The molecule has 1 fully saturated rings. The summed E-state index contributed by atoms with van der Waals surface area (Å²) in [5.74, 6) is 0.979. The molecule has 21 heavy (non-hydrogen) atoms. The minimum Gasteiger partial charge on any atom is -0.493 e. The number of methoxy groups -OCH3 is 1.